The lowest BCUT2D eigenvalue weighted by Gasteiger charge is -2.45. The van der Waals surface area contributed by atoms with Gasteiger partial charge in [0.25, 0.3) is 0 Å². The molecule has 0 radical (unpaired) electrons. The molecule has 0 heterocycles. The molecule has 3 N–H and O–H groups in total. The van der Waals surface area contributed by atoms with Gasteiger partial charge in [0, 0.05) is 17.0 Å². The third-order valence-corrected chi connectivity index (χ3v) is 5.96. The quantitative estimate of drug-likeness (QED) is 0.791. The van der Waals surface area contributed by atoms with Crippen molar-refractivity contribution in [3.05, 3.63) is 29.8 Å². The molecule has 1 amide bonds. The fourth-order valence-electron chi connectivity index (χ4n) is 3.97. The largest absolute Gasteiger partial charge is 0.352 e. The first-order valence-electron chi connectivity index (χ1n) is 8.15. The van der Waals surface area contributed by atoms with Crippen molar-refractivity contribution in [2.24, 2.45) is 17.6 Å². The molecule has 2 atom stereocenters. The maximum absolute atomic E-state index is 13.2. The molecule has 0 aliphatic heterocycles. The number of halogens is 3. The van der Waals surface area contributed by atoms with Crippen molar-refractivity contribution in [1.29, 1.82) is 0 Å². The Morgan fingerprint density at radius 3 is 2.50 bits per heavy atom. The number of fused-ring (bicyclic) bond motifs is 2. The van der Waals surface area contributed by atoms with Gasteiger partial charge in [-0.25, -0.2) is 8.78 Å². The highest BCUT2D eigenvalue weighted by Crippen LogP contribution is 2.39. The fraction of sp³-hybridized carbons (Fsp3) is 0.588. The van der Waals surface area contributed by atoms with Gasteiger partial charge in [0.05, 0.1) is 5.75 Å². The Morgan fingerprint density at radius 2 is 1.88 bits per heavy atom. The highest BCUT2D eigenvalue weighted by Gasteiger charge is 2.39. The maximum Gasteiger partial charge on any atom is 0.230 e. The van der Waals surface area contributed by atoms with Gasteiger partial charge < -0.3 is 11.1 Å². The predicted molar refractivity (Wildman–Crippen MR) is 94.3 cm³/mol. The Kier molecular flexibility index (Phi) is 6.89. The summed E-state index contributed by atoms with van der Waals surface area (Å²) in [7, 11) is 0. The molecule has 2 unspecified atom stereocenters. The van der Waals surface area contributed by atoms with Crippen LogP contribution < -0.4 is 11.1 Å². The molecule has 0 spiro atoms. The zero-order valence-electron chi connectivity index (χ0n) is 13.3. The van der Waals surface area contributed by atoms with Crippen molar-refractivity contribution in [3.63, 3.8) is 0 Å². The third-order valence-electron chi connectivity index (χ3n) is 4.97. The topological polar surface area (TPSA) is 55.1 Å². The molecule has 3 nitrogen and oxygen atoms in total. The van der Waals surface area contributed by atoms with Crippen LogP contribution in [0.3, 0.4) is 0 Å². The molecule has 134 valence electrons. The number of thioether (sulfide) groups is 1. The molecular formula is C17H23ClF2N2OS. The van der Waals surface area contributed by atoms with Crippen LogP contribution in [0.2, 0.25) is 0 Å². The number of hydrogen-bond donors (Lipinski definition) is 2. The van der Waals surface area contributed by atoms with Crippen molar-refractivity contribution in [3.8, 4) is 0 Å². The Bertz CT molecular complexity index is 576. The van der Waals surface area contributed by atoms with E-state index < -0.39 is 11.6 Å². The van der Waals surface area contributed by atoms with Gasteiger partial charge in [0.2, 0.25) is 5.91 Å². The second-order valence-corrected chi connectivity index (χ2v) is 7.69. The molecule has 7 heteroatoms. The number of benzene rings is 1. The predicted octanol–water partition coefficient (Wildman–Crippen LogP) is 3.50. The van der Waals surface area contributed by atoms with Gasteiger partial charge in [0.15, 0.2) is 11.6 Å². The van der Waals surface area contributed by atoms with Crippen LogP contribution in [0.25, 0.3) is 0 Å². The fourth-order valence-corrected chi connectivity index (χ4v) is 4.70. The molecule has 2 aliphatic carbocycles. The van der Waals surface area contributed by atoms with E-state index in [0.29, 0.717) is 16.7 Å². The standard InChI is InChI=1S/C17H22F2N2OS.ClH/c18-14-5-4-13(8-15(14)19)23-9-16(22)21-17-10-2-1-3-11(17)7-12(20)6-10;/h4-5,8,10-12,17H,1-3,6-7,9,20H2,(H,21,22);1H. The van der Waals surface area contributed by atoms with Crippen LogP contribution >= 0.6 is 24.2 Å². The van der Waals surface area contributed by atoms with E-state index in [4.69, 9.17) is 5.73 Å². The molecule has 1 aromatic rings. The molecule has 0 aromatic heterocycles. The summed E-state index contributed by atoms with van der Waals surface area (Å²) < 4.78 is 26.1. The van der Waals surface area contributed by atoms with E-state index in [1.807, 2.05) is 0 Å². The number of carbonyl (C=O) groups excluding carboxylic acids is 1. The van der Waals surface area contributed by atoms with E-state index in [9.17, 15) is 13.6 Å². The van der Waals surface area contributed by atoms with Gasteiger partial charge in [-0.05, 0) is 55.7 Å². The number of hydrogen-bond acceptors (Lipinski definition) is 3. The van der Waals surface area contributed by atoms with Gasteiger partial charge in [-0.15, -0.1) is 24.2 Å². The highest BCUT2D eigenvalue weighted by molar-refractivity contribution is 8.00. The summed E-state index contributed by atoms with van der Waals surface area (Å²) >= 11 is 1.23. The SMILES string of the molecule is Cl.NC1CC2CCCC(C1)C2NC(=O)CSc1ccc(F)c(F)c1. The Labute approximate surface area is 151 Å². The summed E-state index contributed by atoms with van der Waals surface area (Å²) in [5.74, 6) is -0.620. The van der Waals surface area contributed by atoms with E-state index in [-0.39, 0.29) is 36.2 Å². The minimum Gasteiger partial charge on any atom is -0.352 e. The van der Waals surface area contributed by atoms with Gasteiger partial charge in [-0.1, -0.05) is 6.42 Å². The van der Waals surface area contributed by atoms with Crippen LogP contribution in [-0.4, -0.2) is 23.7 Å². The van der Waals surface area contributed by atoms with E-state index in [0.717, 1.165) is 37.8 Å². The third kappa shape index (κ3) is 4.61. The minimum absolute atomic E-state index is 0. The van der Waals surface area contributed by atoms with E-state index in [1.165, 1.54) is 24.2 Å². The lowest BCUT2D eigenvalue weighted by atomic mass is 9.67. The lowest BCUT2D eigenvalue weighted by molar-refractivity contribution is -0.120. The first kappa shape index (κ1) is 19.5. The zero-order valence-corrected chi connectivity index (χ0v) is 15.0. The molecule has 2 aliphatic rings. The molecule has 1 aromatic carbocycles. The van der Waals surface area contributed by atoms with Crippen molar-refractivity contribution in [1.82, 2.24) is 5.32 Å². The van der Waals surface area contributed by atoms with Gasteiger partial charge in [-0.2, -0.15) is 0 Å². The Hall–Kier alpha value is -0.850. The van der Waals surface area contributed by atoms with E-state index >= 15 is 0 Å². The minimum atomic E-state index is -0.883. The monoisotopic (exact) mass is 376 g/mol. The van der Waals surface area contributed by atoms with Crippen molar-refractivity contribution >= 4 is 30.1 Å². The summed E-state index contributed by atoms with van der Waals surface area (Å²) in [6.45, 7) is 0. The molecule has 3 rings (SSSR count). The number of nitrogens with two attached hydrogens (primary N) is 1. The smallest absolute Gasteiger partial charge is 0.230 e. The van der Waals surface area contributed by atoms with Crippen LogP contribution in [0.5, 0.6) is 0 Å². The normalized spacial score (nSPS) is 28.8. The van der Waals surface area contributed by atoms with Gasteiger partial charge in [0.1, 0.15) is 0 Å². The van der Waals surface area contributed by atoms with Crippen molar-refractivity contribution < 1.29 is 13.6 Å². The van der Waals surface area contributed by atoms with Crippen molar-refractivity contribution in [2.45, 2.75) is 49.1 Å². The number of amides is 1. The Balaban J connectivity index is 0.00000208. The second-order valence-electron chi connectivity index (χ2n) is 6.64. The molecule has 24 heavy (non-hydrogen) atoms. The van der Waals surface area contributed by atoms with Crippen molar-refractivity contribution in [2.75, 3.05) is 5.75 Å². The average Bonchev–Trinajstić information content (AvgIpc) is 2.49. The molecule has 0 saturated heterocycles. The number of carbonyl (C=O) groups is 1. The van der Waals surface area contributed by atoms with Gasteiger partial charge >= 0.3 is 0 Å². The van der Waals surface area contributed by atoms with Crippen LogP contribution in [0.4, 0.5) is 8.78 Å². The van der Waals surface area contributed by atoms with Crippen LogP contribution in [0, 0.1) is 23.5 Å². The lowest BCUT2D eigenvalue weighted by Crippen LogP contribution is -2.54. The molecule has 2 bridgehead atoms. The van der Waals surface area contributed by atoms with Crippen LogP contribution in [-0.2, 0) is 4.79 Å². The number of rotatable bonds is 4. The molecular weight excluding hydrogens is 354 g/mol. The summed E-state index contributed by atoms with van der Waals surface area (Å²) in [6, 6.07) is 4.19. The first-order chi connectivity index (χ1) is 11.0. The summed E-state index contributed by atoms with van der Waals surface area (Å²) in [5.41, 5.74) is 6.10. The van der Waals surface area contributed by atoms with Crippen LogP contribution in [0.1, 0.15) is 32.1 Å². The molecule has 2 saturated carbocycles. The Morgan fingerprint density at radius 1 is 1.21 bits per heavy atom. The van der Waals surface area contributed by atoms with E-state index in [2.05, 4.69) is 5.32 Å². The summed E-state index contributed by atoms with van der Waals surface area (Å²) in [4.78, 5) is 12.8. The average molecular weight is 377 g/mol. The summed E-state index contributed by atoms with van der Waals surface area (Å²) in [5, 5.41) is 3.15. The number of nitrogens with one attached hydrogen (secondary N) is 1. The molecule has 2 fully saturated rings. The maximum atomic E-state index is 13.2. The second kappa shape index (κ2) is 8.50. The zero-order chi connectivity index (χ0) is 16.4. The highest BCUT2D eigenvalue weighted by atomic mass is 35.5. The van der Waals surface area contributed by atoms with Crippen LogP contribution in [0.15, 0.2) is 23.1 Å². The van der Waals surface area contributed by atoms with Gasteiger partial charge in [-0.3, -0.25) is 4.79 Å². The first-order valence-corrected chi connectivity index (χ1v) is 9.14. The van der Waals surface area contributed by atoms with E-state index in [1.54, 1.807) is 0 Å². The summed E-state index contributed by atoms with van der Waals surface area (Å²) in [6.07, 6.45) is 5.45.